The second kappa shape index (κ2) is 10.9. The molecule has 0 saturated heterocycles. The molecule has 3 rings (SSSR count). The lowest BCUT2D eigenvalue weighted by Gasteiger charge is -2.11. The van der Waals surface area contributed by atoms with Gasteiger partial charge in [0.25, 0.3) is 0 Å². The van der Waals surface area contributed by atoms with Crippen LogP contribution in [0.1, 0.15) is 30.2 Å². The van der Waals surface area contributed by atoms with E-state index in [2.05, 4.69) is 26.8 Å². The van der Waals surface area contributed by atoms with Gasteiger partial charge in [-0.15, -0.1) is 0 Å². The molecule has 0 atom stereocenters. The van der Waals surface area contributed by atoms with Gasteiger partial charge >= 0.3 is 0 Å². The summed E-state index contributed by atoms with van der Waals surface area (Å²) in [6, 6.07) is 14.8. The van der Waals surface area contributed by atoms with Gasteiger partial charge in [0.2, 0.25) is 0 Å². The Kier molecular flexibility index (Phi) is 7.75. The number of nitrogen functional groups attached to an aromatic ring is 1. The molecule has 1 heterocycles. The van der Waals surface area contributed by atoms with Crippen molar-refractivity contribution < 1.29 is 8.78 Å². The first kappa shape index (κ1) is 22.7. The number of para-hydroxylation sites is 1. The minimum Gasteiger partial charge on any atom is -0.382 e. The number of benzene rings is 2. The molecule has 0 unspecified atom stereocenters. The van der Waals surface area contributed by atoms with Gasteiger partial charge in [-0.25, -0.2) is 18.5 Å². The summed E-state index contributed by atoms with van der Waals surface area (Å²) in [7, 11) is 0. The molecule has 166 valence electrons. The van der Waals surface area contributed by atoms with Gasteiger partial charge in [-0.3, -0.25) is 0 Å². The number of hydrogen-bond donors (Lipinski definition) is 3. The van der Waals surface area contributed by atoms with Crippen LogP contribution in [0.4, 0.5) is 14.6 Å². The number of nitrogens with zero attached hydrogens (tertiary/aromatic N) is 4. The maximum atomic E-state index is 13.8. The van der Waals surface area contributed by atoms with Crippen LogP contribution in [0.25, 0.3) is 5.69 Å². The molecule has 0 amide bonds. The number of guanidine groups is 1. The third-order valence-electron chi connectivity index (χ3n) is 4.75. The summed E-state index contributed by atoms with van der Waals surface area (Å²) in [5.41, 5.74) is 8.10. The van der Waals surface area contributed by atoms with E-state index in [0.717, 1.165) is 23.9 Å². The quantitative estimate of drug-likeness (QED) is 0.285. The Morgan fingerprint density at radius 2 is 1.97 bits per heavy atom. The second-order valence-corrected chi connectivity index (χ2v) is 7.03. The van der Waals surface area contributed by atoms with E-state index >= 15 is 0 Å². The number of rotatable bonds is 8. The van der Waals surface area contributed by atoms with Crippen LogP contribution >= 0.6 is 0 Å². The van der Waals surface area contributed by atoms with Gasteiger partial charge in [-0.05, 0) is 50.1 Å². The van der Waals surface area contributed by atoms with E-state index in [4.69, 9.17) is 5.73 Å². The Bertz CT molecular complexity index is 1120. The number of anilines is 1. The summed E-state index contributed by atoms with van der Waals surface area (Å²) in [5, 5.41) is 20.3. The molecule has 3 aromatic rings. The van der Waals surface area contributed by atoms with Crippen molar-refractivity contribution in [3.8, 4) is 11.8 Å². The van der Waals surface area contributed by atoms with Gasteiger partial charge in [0, 0.05) is 18.7 Å². The lowest BCUT2D eigenvalue weighted by molar-refractivity contribution is 0.585. The molecule has 0 aliphatic carbocycles. The molecule has 0 saturated carbocycles. The first-order valence-corrected chi connectivity index (χ1v) is 10.3. The number of nitrogens with two attached hydrogens (primary N) is 1. The largest absolute Gasteiger partial charge is 0.382 e. The van der Waals surface area contributed by atoms with Crippen molar-refractivity contribution in [2.75, 3.05) is 18.8 Å². The molecule has 0 spiro atoms. The zero-order valence-corrected chi connectivity index (χ0v) is 17.8. The van der Waals surface area contributed by atoms with Gasteiger partial charge in [0.1, 0.15) is 29.1 Å². The number of nitriles is 1. The predicted octanol–water partition coefficient (Wildman–Crippen LogP) is 3.29. The van der Waals surface area contributed by atoms with Gasteiger partial charge in [-0.2, -0.15) is 10.4 Å². The van der Waals surface area contributed by atoms with E-state index in [1.807, 2.05) is 37.3 Å². The smallest absolute Gasteiger partial charge is 0.191 e. The molecule has 0 fully saturated rings. The average Bonchev–Trinajstić information content (AvgIpc) is 3.12. The van der Waals surface area contributed by atoms with Gasteiger partial charge in [-0.1, -0.05) is 18.2 Å². The van der Waals surface area contributed by atoms with Gasteiger partial charge in [0.15, 0.2) is 5.96 Å². The number of aryl methyl sites for hydroxylation is 1. The lowest BCUT2D eigenvalue weighted by atomic mass is 10.1. The summed E-state index contributed by atoms with van der Waals surface area (Å²) >= 11 is 0. The summed E-state index contributed by atoms with van der Waals surface area (Å²) < 4.78 is 28.7. The van der Waals surface area contributed by atoms with Crippen molar-refractivity contribution in [1.82, 2.24) is 20.4 Å². The Morgan fingerprint density at radius 3 is 2.69 bits per heavy atom. The molecule has 4 N–H and O–H groups in total. The molecular weight excluding hydrogens is 412 g/mol. The molecular formula is C23H25F2N7. The molecule has 0 bridgehead atoms. The van der Waals surface area contributed by atoms with Crippen LogP contribution in [0.5, 0.6) is 0 Å². The van der Waals surface area contributed by atoms with Crippen LogP contribution in [-0.4, -0.2) is 28.8 Å². The van der Waals surface area contributed by atoms with Crippen molar-refractivity contribution in [2.24, 2.45) is 4.99 Å². The van der Waals surface area contributed by atoms with Crippen LogP contribution in [0.3, 0.4) is 0 Å². The van der Waals surface area contributed by atoms with Crippen molar-refractivity contribution in [2.45, 2.75) is 26.3 Å². The highest BCUT2D eigenvalue weighted by Gasteiger charge is 2.16. The topological polar surface area (TPSA) is 104 Å². The summed E-state index contributed by atoms with van der Waals surface area (Å²) in [4.78, 5) is 4.32. The maximum absolute atomic E-state index is 13.8. The van der Waals surface area contributed by atoms with E-state index in [9.17, 15) is 14.0 Å². The second-order valence-electron chi connectivity index (χ2n) is 7.03. The Balaban J connectivity index is 1.61. The SMILES string of the molecule is CCNC(=NCc1cc(F)ccc1F)NCCCc1nn(-c2ccccc2)c(N)c1C#N. The fourth-order valence-electron chi connectivity index (χ4n) is 3.17. The van der Waals surface area contributed by atoms with Crippen LogP contribution in [-0.2, 0) is 13.0 Å². The molecule has 7 nitrogen and oxygen atoms in total. The standard InChI is InChI=1S/C23H25F2N7/c1-2-28-23(30-15-16-13-17(24)10-11-20(16)25)29-12-6-9-21-19(14-26)22(27)32(31-21)18-7-4-3-5-8-18/h3-5,7-8,10-11,13H,2,6,9,12,15,27H2,1H3,(H2,28,29,30). The number of nitrogens with one attached hydrogen (secondary N) is 2. The number of halogens is 2. The average molecular weight is 437 g/mol. The normalized spacial score (nSPS) is 11.2. The molecule has 32 heavy (non-hydrogen) atoms. The fraction of sp³-hybridized carbons (Fsp3) is 0.261. The van der Waals surface area contributed by atoms with E-state index in [0.29, 0.717) is 49.0 Å². The molecule has 1 aromatic heterocycles. The van der Waals surface area contributed by atoms with Crippen molar-refractivity contribution in [3.05, 3.63) is 77.0 Å². The Morgan fingerprint density at radius 1 is 1.19 bits per heavy atom. The summed E-state index contributed by atoms with van der Waals surface area (Å²) in [6.45, 7) is 3.09. The zero-order valence-electron chi connectivity index (χ0n) is 17.8. The van der Waals surface area contributed by atoms with Crippen LogP contribution < -0.4 is 16.4 Å². The number of aliphatic imine (C=N–C) groups is 1. The molecule has 0 aliphatic heterocycles. The van der Waals surface area contributed by atoms with Crippen LogP contribution in [0.15, 0.2) is 53.5 Å². The van der Waals surface area contributed by atoms with Crippen molar-refractivity contribution in [1.29, 1.82) is 5.26 Å². The Hall–Kier alpha value is -3.93. The van der Waals surface area contributed by atoms with E-state index in [1.165, 1.54) is 0 Å². The van der Waals surface area contributed by atoms with Crippen LogP contribution in [0.2, 0.25) is 0 Å². The van der Waals surface area contributed by atoms with E-state index < -0.39 is 11.6 Å². The highest BCUT2D eigenvalue weighted by Crippen LogP contribution is 2.21. The lowest BCUT2D eigenvalue weighted by Crippen LogP contribution is -2.37. The van der Waals surface area contributed by atoms with Gasteiger partial charge in [0.05, 0.1) is 17.9 Å². The molecule has 0 radical (unpaired) electrons. The molecule has 2 aromatic carbocycles. The van der Waals surface area contributed by atoms with E-state index in [-0.39, 0.29) is 12.1 Å². The zero-order chi connectivity index (χ0) is 22.9. The minimum absolute atomic E-state index is 0.00945. The third-order valence-corrected chi connectivity index (χ3v) is 4.75. The highest BCUT2D eigenvalue weighted by atomic mass is 19.1. The molecule has 9 heteroatoms. The van der Waals surface area contributed by atoms with Crippen molar-refractivity contribution in [3.63, 3.8) is 0 Å². The summed E-state index contributed by atoms with van der Waals surface area (Å²) in [6.07, 6.45) is 1.20. The molecule has 0 aliphatic rings. The third kappa shape index (κ3) is 5.60. The van der Waals surface area contributed by atoms with Crippen LogP contribution in [0, 0.1) is 23.0 Å². The first-order chi connectivity index (χ1) is 15.5. The summed E-state index contributed by atoms with van der Waals surface area (Å²) in [5.74, 6) is -0.196. The van der Waals surface area contributed by atoms with E-state index in [1.54, 1.807) is 4.68 Å². The number of hydrogen-bond acceptors (Lipinski definition) is 4. The fourth-order valence-corrected chi connectivity index (χ4v) is 3.17. The van der Waals surface area contributed by atoms with Crippen molar-refractivity contribution >= 4 is 11.8 Å². The monoisotopic (exact) mass is 437 g/mol. The predicted molar refractivity (Wildman–Crippen MR) is 120 cm³/mol. The highest BCUT2D eigenvalue weighted by molar-refractivity contribution is 5.79. The Labute approximate surface area is 185 Å². The first-order valence-electron chi connectivity index (χ1n) is 10.3. The number of aromatic nitrogens is 2. The maximum Gasteiger partial charge on any atom is 0.191 e. The minimum atomic E-state index is -0.503. The van der Waals surface area contributed by atoms with Gasteiger partial charge < -0.3 is 16.4 Å².